The van der Waals surface area contributed by atoms with Crippen LogP contribution in [-0.4, -0.2) is 5.78 Å². The van der Waals surface area contributed by atoms with Crippen molar-refractivity contribution in [1.82, 2.24) is 0 Å². The lowest BCUT2D eigenvalue weighted by atomic mass is 10.1. The molecule has 0 amide bonds. The first-order valence-corrected chi connectivity index (χ1v) is 4.90. The fourth-order valence-corrected chi connectivity index (χ4v) is 2.21. The SMILES string of the molecule is O=C1CCCCCC[C@H]2C[C@H]12. The van der Waals surface area contributed by atoms with Crippen LogP contribution >= 0.6 is 0 Å². The van der Waals surface area contributed by atoms with Crippen LogP contribution in [0.2, 0.25) is 0 Å². The number of Topliss-reactive ketones (excluding diaryl/α,β-unsaturated/α-hetero) is 1. The molecular formula is C10H16O. The van der Waals surface area contributed by atoms with Gasteiger partial charge >= 0.3 is 0 Å². The van der Waals surface area contributed by atoms with Crippen LogP contribution in [0.15, 0.2) is 0 Å². The molecule has 0 N–H and O–H groups in total. The van der Waals surface area contributed by atoms with Gasteiger partial charge < -0.3 is 0 Å². The Bertz CT molecular complexity index is 162. The van der Waals surface area contributed by atoms with Crippen LogP contribution in [0.3, 0.4) is 0 Å². The van der Waals surface area contributed by atoms with Gasteiger partial charge in [0, 0.05) is 12.3 Å². The third-order valence-corrected chi connectivity index (χ3v) is 3.08. The number of hydrogen-bond donors (Lipinski definition) is 0. The summed E-state index contributed by atoms with van der Waals surface area (Å²) >= 11 is 0. The Labute approximate surface area is 68.2 Å². The number of rotatable bonds is 0. The maximum Gasteiger partial charge on any atom is 0.136 e. The lowest BCUT2D eigenvalue weighted by Gasteiger charge is -1.95. The van der Waals surface area contributed by atoms with Gasteiger partial charge in [0.1, 0.15) is 5.78 Å². The summed E-state index contributed by atoms with van der Waals surface area (Å²) < 4.78 is 0. The van der Waals surface area contributed by atoms with E-state index in [1.165, 1.54) is 32.1 Å². The Morgan fingerprint density at radius 2 is 1.91 bits per heavy atom. The molecule has 0 spiro atoms. The molecule has 0 aromatic rings. The van der Waals surface area contributed by atoms with E-state index in [1.807, 2.05) is 0 Å². The highest BCUT2D eigenvalue weighted by Gasteiger charge is 2.41. The van der Waals surface area contributed by atoms with Crippen LogP contribution in [0.1, 0.15) is 44.9 Å². The van der Waals surface area contributed by atoms with Gasteiger partial charge in [-0.1, -0.05) is 19.3 Å². The van der Waals surface area contributed by atoms with Gasteiger partial charge in [-0.3, -0.25) is 4.79 Å². The summed E-state index contributed by atoms with van der Waals surface area (Å²) in [5.41, 5.74) is 0. The van der Waals surface area contributed by atoms with Crippen LogP contribution in [0.4, 0.5) is 0 Å². The number of carbonyl (C=O) groups is 1. The summed E-state index contributed by atoms with van der Waals surface area (Å²) in [6.45, 7) is 0. The zero-order valence-electron chi connectivity index (χ0n) is 7.01. The van der Waals surface area contributed by atoms with Crippen molar-refractivity contribution in [3.05, 3.63) is 0 Å². The third-order valence-electron chi connectivity index (χ3n) is 3.08. The second-order valence-corrected chi connectivity index (χ2v) is 4.02. The Hall–Kier alpha value is -0.330. The van der Waals surface area contributed by atoms with E-state index in [0.29, 0.717) is 11.7 Å². The van der Waals surface area contributed by atoms with Gasteiger partial charge in [-0.25, -0.2) is 0 Å². The molecule has 62 valence electrons. The normalized spacial score (nSPS) is 38.4. The number of ketones is 1. The first kappa shape index (κ1) is 7.33. The first-order chi connectivity index (χ1) is 5.38. The molecule has 2 rings (SSSR count). The molecule has 0 aromatic carbocycles. The van der Waals surface area contributed by atoms with Gasteiger partial charge in [-0.15, -0.1) is 0 Å². The van der Waals surface area contributed by atoms with Crippen LogP contribution in [0.25, 0.3) is 0 Å². The minimum absolute atomic E-state index is 0.507. The summed E-state index contributed by atoms with van der Waals surface area (Å²) in [4.78, 5) is 11.4. The number of carbonyl (C=O) groups excluding carboxylic acids is 1. The van der Waals surface area contributed by atoms with E-state index >= 15 is 0 Å². The molecule has 0 aromatic heterocycles. The number of hydrogen-bond acceptors (Lipinski definition) is 1. The Morgan fingerprint density at radius 1 is 1.09 bits per heavy atom. The van der Waals surface area contributed by atoms with E-state index in [0.717, 1.165) is 18.8 Å². The van der Waals surface area contributed by atoms with Gasteiger partial charge in [-0.2, -0.15) is 0 Å². The average Bonchev–Trinajstić information content (AvgIpc) is 2.74. The highest BCUT2D eigenvalue weighted by atomic mass is 16.1. The predicted molar refractivity (Wildman–Crippen MR) is 44.3 cm³/mol. The van der Waals surface area contributed by atoms with Crippen molar-refractivity contribution in [3.8, 4) is 0 Å². The van der Waals surface area contributed by atoms with Gasteiger partial charge in [0.05, 0.1) is 0 Å². The van der Waals surface area contributed by atoms with E-state index in [1.54, 1.807) is 0 Å². The summed E-state index contributed by atoms with van der Waals surface area (Å²) in [5, 5.41) is 0. The average molecular weight is 152 g/mol. The largest absolute Gasteiger partial charge is 0.299 e. The quantitative estimate of drug-likeness (QED) is 0.521. The predicted octanol–water partition coefficient (Wildman–Crippen LogP) is 2.55. The van der Waals surface area contributed by atoms with Gasteiger partial charge in [0.25, 0.3) is 0 Å². The highest BCUT2D eigenvalue weighted by molar-refractivity contribution is 5.83. The Kier molecular flexibility index (Phi) is 1.97. The van der Waals surface area contributed by atoms with Crippen molar-refractivity contribution in [2.24, 2.45) is 11.8 Å². The van der Waals surface area contributed by atoms with Crippen LogP contribution < -0.4 is 0 Å². The third kappa shape index (κ3) is 1.63. The molecule has 1 heteroatoms. The van der Waals surface area contributed by atoms with E-state index in [9.17, 15) is 4.79 Å². The second-order valence-electron chi connectivity index (χ2n) is 4.02. The van der Waals surface area contributed by atoms with Crippen molar-refractivity contribution in [1.29, 1.82) is 0 Å². The van der Waals surface area contributed by atoms with E-state index < -0.39 is 0 Å². The van der Waals surface area contributed by atoms with Gasteiger partial charge in [0.15, 0.2) is 0 Å². The summed E-state index contributed by atoms with van der Waals surface area (Å²) in [6, 6.07) is 0. The molecule has 0 unspecified atom stereocenters. The van der Waals surface area contributed by atoms with E-state index in [-0.39, 0.29) is 0 Å². The fourth-order valence-electron chi connectivity index (χ4n) is 2.21. The van der Waals surface area contributed by atoms with Crippen LogP contribution in [-0.2, 0) is 4.79 Å². The molecule has 2 saturated carbocycles. The molecule has 2 fully saturated rings. The molecule has 0 radical (unpaired) electrons. The molecule has 2 aliphatic rings. The topological polar surface area (TPSA) is 17.1 Å². The van der Waals surface area contributed by atoms with Gasteiger partial charge in [0.2, 0.25) is 0 Å². The maximum atomic E-state index is 11.4. The molecule has 0 saturated heterocycles. The summed E-state index contributed by atoms with van der Waals surface area (Å²) in [5.74, 6) is 1.88. The van der Waals surface area contributed by atoms with Crippen LogP contribution in [0, 0.1) is 11.8 Å². The van der Waals surface area contributed by atoms with Crippen molar-refractivity contribution in [3.63, 3.8) is 0 Å². The zero-order valence-corrected chi connectivity index (χ0v) is 7.01. The first-order valence-electron chi connectivity index (χ1n) is 4.90. The lowest BCUT2D eigenvalue weighted by molar-refractivity contribution is -0.120. The number of fused-ring (bicyclic) bond motifs is 1. The molecule has 2 aliphatic carbocycles. The molecule has 1 nitrogen and oxygen atoms in total. The highest BCUT2D eigenvalue weighted by Crippen LogP contribution is 2.44. The van der Waals surface area contributed by atoms with Crippen molar-refractivity contribution in [2.45, 2.75) is 44.9 Å². The van der Waals surface area contributed by atoms with Crippen molar-refractivity contribution < 1.29 is 4.79 Å². The van der Waals surface area contributed by atoms with E-state index in [2.05, 4.69) is 0 Å². The minimum Gasteiger partial charge on any atom is -0.299 e. The summed E-state index contributed by atoms with van der Waals surface area (Å²) in [6.07, 6.45) is 8.59. The monoisotopic (exact) mass is 152 g/mol. The zero-order chi connectivity index (χ0) is 7.68. The molecule has 11 heavy (non-hydrogen) atoms. The molecule has 0 heterocycles. The molecule has 0 bridgehead atoms. The van der Waals surface area contributed by atoms with Gasteiger partial charge in [-0.05, 0) is 25.2 Å². The molecule has 0 aliphatic heterocycles. The fraction of sp³-hybridized carbons (Fsp3) is 0.900. The van der Waals surface area contributed by atoms with Crippen LogP contribution in [0.5, 0.6) is 0 Å². The van der Waals surface area contributed by atoms with E-state index in [4.69, 9.17) is 0 Å². The summed E-state index contributed by atoms with van der Waals surface area (Å²) in [7, 11) is 0. The Morgan fingerprint density at radius 3 is 2.82 bits per heavy atom. The molecular weight excluding hydrogens is 136 g/mol. The standard InChI is InChI=1S/C10H16O/c11-10-6-4-2-1-3-5-8-7-9(8)10/h8-9H,1-7H2/t8-,9-/m0/s1. The van der Waals surface area contributed by atoms with Crippen molar-refractivity contribution in [2.75, 3.05) is 0 Å². The second kappa shape index (κ2) is 2.96. The molecule has 2 atom stereocenters. The van der Waals surface area contributed by atoms with Crippen molar-refractivity contribution >= 4 is 5.78 Å². The maximum absolute atomic E-state index is 11.4. The minimum atomic E-state index is 0.507. The Balaban J connectivity index is 1.90. The smallest absolute Gasteiger partial charge is 0.136 e. The lowest BCUT2D eigenvalue weighted by Crippen LogP contribution is -2.00.